The highest BCUT2D eigenvalue weighted by molar-refractivity contribution is 4.99. The molecule has 1 heterocycles. The van der Waals surface area contributed by atoms with E-state index in [1.165, 1.54) is 103 Å². The predicted molar refractivity (Wildman–Crippen MR) is 117 cm³/mol. The number of nitrogens with zero attached hydrogens (tertiary/aromatic N) is 3. The second-order valence-electron chi connectivity index (χ2n) is 8.37. The average Bonchev–Trinajstić information content (AvgIpc) is 3.16. The van der Waals surface area contributed by atoms with Crippen LogP contribution in [0.4, 0.5) is 0 Å². The van der Waals surface area contributed by atoms with Crippen molar-refractivity contribution in [1.82, 2.24) is 9.80 Å². The molecule has 0 radical (unpaired) electrons. The van der Waals surface area contributed by atoms with Crippen LogP contribution in [0.2, 0.25) is 0 Å². The molecule has 0 saturated carbocycles. The fraction of sp³-hybridized carbons (Fsp3) is 0.875. The van der Waals surface area contributed by atoms with Crippen molar-refractivity contribution in [2.24, 2.45) is 0 Å². The van der Waals surface area contributed by atoms with E-state index in [2.05, 4.69) is 35.2 Å². The molecule has 3 heteroatoms. The number of nitriles is 1. The van der Waals surface area contributed by atoms with Gasteiger partial charge in [0, 0.05) is 18.9 Å². The Bertz CT molecular complexity index is 399. The fourth-order valence-corrected chi connectivity index (χ4v) is 3.82. The summed E-state index contributed by atoms with van der Waals surface area (Å²) in [6, 6.07) is 2.28. The van der Waals surface area contributed by atoms with Gasteiger partial charge in [0.15, 0.2) is 0 Å². The van der Waals surface area contributed by atoms with Crippen LogP contribution in [0.5, 0.6) is 0 Å². The lowest BCUT2D eigenvalue weighted by molar-refractivity contribution is 0.244. The molecule has 0 aromatic rings. The highest BCUT2D eigenvalue weighted by Crippen LogP contribution is 2.15. The van der Waals surface area contributed by atoms with Gasteiger partial charge < -0.3 is 9.80 Å². The van der Waals surface area contributed by atoms with Gasteiger partial charge >= 0.3 is 0 Å². The first kappa shape index (κ1) is 23.9. The molecular formula is C24H45N3. The Balaban J connectivity index is 1.75. The number of unbranched alkanes of at least 4 members (excludes halogenated alkanes) is 15. The Kier molecular flexibility index (Phi) is 15.0. The van der Waals surface area contributed by atoms with Crippen LogP contribution in [0.3, 0.4) is 0 Å². The third kappa shape index (κ3) is 12.8. The average molecular weight is 376 g/mol. The van der Waals surface area contributed by atoms with E-state index in [1.807, 2.05) is 6.92 Å². The highest BCUT2D eigenvalue weighted by Gasteiger charge is 2.16. The maximum absolute atomic E-state index is 8.96. The molecule has 0 aromatic carbocycles. The lowest BCUT2D eigenvalue weighted by Crippen LogP contribution is -2.31. The Morgan fingerprint density at radius 3 is 1.63 bits per heavy atom. The zero-order valence-electron chi connectivity index (χ0n) is 18.3. The molecule has 0 saturated heterocycles. The summed E-state index contributed by atoms with van der Waals surface area (Å²) >= 11 is 0. The van der Waals surface area contributed by atoms with Crippen molar-refractivity contribution in [3.63, 3.8) is 0 Å². The second kappa shape index (κ2) is 17.0. The van der Waals surface area contributed by atoms with Crippen LogP contribution in [-0.4, -0.2) is 29.1 Å². The van der Waals surface area contributed by atoms with Crippen molar-refractivity contribution in [1.29, 1.82) is 5.26 Å². The first-order valence-electron chi connectivity index (χ1n) is 11.9. The molecule has 0 aliphatic carbocycles. The van der Waals surface area contributed by atoms with Crippen LogP contribution in [-0.2, 0) is 0 Å². The molecule has 3 nitrogen and oxygen atoms in total. The Labute approximate surface area is 169 Å². The van der Waals surface area contributed by atoms with Crippen LogP contribution in [0.1, 0.15) is 117 Å². The third-order valence-electron chi connectivity index (χ3n) is 5.80. The van der Waals surface area contributed by atoms with E-state index in [0.29, 0.717) is 0 Å². The summed E-state index contributed by atoms with van der Waals surface area (Å²) in [4.78, 5) is 4.43. The fourth-order valence-electron chi connectivity index (χ4n) is 3.82. The Morgan fingerprint density at radius 1 is 0.741 bits per heavy atom. The van der Waals surface area contributed by atoms with Gasteiger partial charge in [-0.15, -0.1) is 0 Å². The smallest absolute Gasteiger partial charge is 0.115 e. The molecule has 1 rings (SSSR count). The monoisotopic (exact) mass is 375 g/mol. The molecule has 0 amide bonds. The van der Waals surface area contributed by atoms with Gasteiger partial charge in [0.2, 0.25) is 0 Å². The van der Waals surface area contributed by atoms with Gasteiger partial charge in [-0.1, -0.05) is 103 Å². The quantitative estimate of drug-likeness (QED) is 0.237. The summed E-state index contributed by atoms with van der Waals surface area (Å²) < 4.78 is 0. The molecule has 27 heavy (non-hydrogen) atoms. The molecule has 0 fully saturated rings. The van der Waals surface area contributed by atoms with E-state index in [9.17, 15) is 0 Å². The van der Waals surface area contributed by atoms with Crippen LogP contribution < -0.4 is 0 Å². The SMILES string of the molecule is CCCCCCCCCCCCCCCCCCN1C=CN(C(C)C#N)C1. The number of rotatable bonds is 18. The Hall–Kier alpha value is -1.17. The topological polar surface area (TPSA) is 30.3 Å². The van der Waals surface area contributed by atoms with E-state index in [1.54, 1.807) is 0 Å². The molecule has 1 atom stereocenters. The first-order chi connectivity index (χ1) is 13.3. The zero-order valence-corrected chi connectivity index (χ0v) is 18.3. The van der Waals surface area contributed by atoms with Crippen molar-refractivity contribution in [2.45, 2.75) is 123 Å². The minimum Gasteiger partial charge on any atom is -0.359 e. The molecule has 0 spiro atoms. The summed E-state index contributed by atoms with van der Waals surface area (Å²) in [6.07, 6.45) is 26.9. The largest absolute Gasteiger partial charge is 0.359 e. The molecule has 1 aliphatic rings. The van der Waals surface area contributed by atoms with Crippen LogP contribution >= 0.6 is 0 Å². The molecule has 0 aromatic heterocycles. The summed E-state index contributed by atoms with van der Waals surface area (Å²) in [5, 5.41) is 8.96. The third-order valence-corrected chi connectivity index (χ3v) is 5.80. The van der Waals surface area contributed by atoms with Gasteiger partial charge in [-0.05, 0) is 13.3 Å². The molecule has 1 unspecified atom stereocenters. The lowest BCUT2D eigenvalue weighted by Gasteiger charge is -2.22. The maximum Gasteiger partial charge on any atom is 0.115 e. The van der Waals surface area contributed by atoms with Gasteiger partial charge in [0.25, 0.3) is 0 Å². The standard InChI is InChI=1S/C24H45N3/c1-3-4-5-6-7-8-9-10-11-12-13-14-15-16-17-18-19-26-20-21-27(23-26)24(2)22-25/h20-21,24H,3-19,23H2,1-2H3. The van der Waals surface area contributed by atoms with Crippen molar-refractivity contribution in [3.8, 4) is 6.07 Å². The zero-order chi connectivity index (χ0) is 19.6. The summed E-state index contributed by atoms with van der Waals surface area (Å²) in [5.41, 5.74) is 0. The van der Waals surface area contributed by atoms with Gasteiger partial charge in [0.05, 0.1) is 12.7 Å². The second-order valence-corrected chi connectivity index (χ2v) is 8.37. The van der Waals surface area contributed by atoms with Crippen molar-refractivity contribution < 1.29 is 0 Å². The predicted octanol–water partition coefficient (Wildman–Crippen LogP) is 7.21. The summed E-state index contributed by atoms with van der Waals surface area (Å²) in [6.45, 7) is 6.26. The summed E-state index contributed by atoms with van der Waals surface area (Å²) in [5.74, 6) is 0. The van der Waals surface area contributed by atoms with E-state index < -0.39 is 0 Å². The van der Waals surface area contributed by atoms with Crippen molar-refractivity contribution in [2.75, 3.05) is 13.2 Å². The lowest BCUT2D eigenvalue weighted by atomic mass is 10.0. The molecule has 156 valence electrons. The summed E-state index contributed by atoms with van der Waals surface area (Å²) in [7, 11) is 0. The maximum atomic E-state index is 8.96. The normalized spacial score (nSPS) is 14.7. The number of hydrogen-bond donors (Lipinski definition) is 0. The number of hydrogen-bond acceptors (Lipinski definition) is 3. The van der Waals surface area contributed by atoms with E-state index in [0.717, 1.165) is 13.2 Å². The van der Waals surface area contributed by atoms with Crippen LogP contribution in [0, 0.1) is 11.3 Å². The van der Waals surface area contributed by atoms with Crippen molar-refractivity contribution in [3.05, 3.63) is 12.4 Å². The van der Waals surface area contributed by atoms with E-state index >= 15 is 0 Å². The molecular weight excluding hydrogens is 330 g/mol. The van der Waals surface area contributed by atoms with Gasteiger partial charge in [-0.2, -0.15) is 5.26 Å². The van der Waals surface area contributed by atoms with E-state index in [4.69, 9.17) is 5.26 Å². The molecule has 1 aliphatic heterocycles. The first-order valence-corrected chi connectivity index (χ1v) is 11.9. The van der Waals surface area contributed by atoms with Crippen molar-refractivity contribution >= 4 is 0 Å². The van der Waals surface area contributed by atoms with E-state index in [-0.39, 0.29) is 6.04 Å². The molecule has 0 N–H and O–H groups in total. The highest BCUT2D eigenvalue weighted by atomic mass is 15.3. The van der Waals surface area contributed by atoms with Crippen LogP contribution in [0.25, 0.3) is 0 Å². The minimum absolute atomic E-state index is 0.0166. The minimum atomic E-state index is -0.0166. The van der Waals surface area contributed by atoms with Gasteiger partial charge in [-0.25, -0.2) is 0 Å². The molecule has 0 bridgehead atoms. The van der Waals surface area contributed by atoms with Gasteiger partial charge in [-0.3, -0.25) is 0 Å². The van der Waals surface area contributed by atoms with Crippen LogP contribution in [0.15, 0.2) is 12.4 Å². The Morgan fingerprint density at radius 2 is 1.19 bits per heavy atom. The van der Waals surface area contributed by atoms with Gasteiger partial charge in [0.1, 0.15) is 6.04 Å².